The fourth-order valence-electron chi connectivity index (χ4n) is 2.00. The number of nitrogens with one attached hydrogen (secondary N) is 2. The largest absolute Gasteiger partial charge is 0.350 e. The minimum Gasteiger partial charge on any atom is -0.350 e. The number of rotatable bonds is 4. The van der Waals surface area contributed by atoms with Crippen LogP contribution < -0.4 is 10.6 Å². The first-order valence-electron chi connectivity index (χ1n) is 6.45. The topological polar surface area (TPSA) is 78.5 Å². The van der Waals surface area contributed by atoms with E-state index in [0.29, 0.717) is 5.56 Å². The number of carbonyl (C=O) groups excluding carboxylic acids is 3. The summed E-state index contributed by atoms with van der Waals surface area (Å²) in [5.41, 5.74) is -0.675. The van der Waals surface area contributed by atoms with Crippen LogP contribution in [0.15, 0.2) is 24.3 Å². The minimum absolute atomic E-state index is 0.00144. The lowest BCUT2D eigenvalue weighted by Gasteiger charge is -2.15. The Morgan fingerprint density at radius 2 is 2.00 bits per heavy atom. The molecule has 112 valence electrons. The Morgan fingerprint density at radius 1 is 1.33 bits per heavy atom. The van der Waals surface area contributed by atoms with Crippen LogP contribution in [-0.2, 0) is 16.1 Å². The highest BCUT2D eigenvalue weighted by Gasteiger charge is 2.44. The second-order valence-electron chi connectivity index (χ2n) is 5.31. The lowest BCUT2D eigenvalue weighted by Crippen LogP contribution is -2.43. The van der Waals surface area contributed by atoms with Crippen LogP contribution in [0.1, 0.15) is 19.4 Å². The van der Waals surface area contributed by atoms with Crippen molar-refractivity contribution in [1.29, 1.82) is 0 Å². The Morgan fingerprint density at radius 3 is 2.57 bits per heavy atom. The molecule has 0 radical (unpaired) electrons. The Balaban J connectivity index is 1.93. The van der Waals surface area contributed by atoms with Gasteiger partial charge in [0.25, 0.3) is 5.91 Å². The van der Waals surface area contributed by atoms with Gasteiger partial charge < -0.3 is 10.6 Å². The third kappa shape index (κ3) is 3.18. The maximum Gasteiger partial charge on any atom is 0.325 e. The van der Waals surface area contributed by atoms with Crippen molar-refractivity contribution < 1.29 is 18.8 Å². The molecule has 1 heterocycles. The molecule has 0 atom stereocenters. The quantitative estimate of drug-likeness (QED) is 0.805. The van der Waals surface area contributed by atoms with Crippen molar-refractivity contribution in [3.63, 3.8) is 0 Å². The van der Waals surface area contributed by atoms with Crippen molar-refractivity contribution in [2.24, 2.45) is 0 Å². The van der Waals surface area contributed by atoms with Crippen molar-refractivity contribution in [2.45, 2.75) is 25.9 Å². The van der Waals surface area contributed by atoms with E-state index >= 15 is 0 Å². The molecule has 0 unspecified atom stereocenters. The molecule has 1 saturated heterocycles. The molecule has 1 aliphatic rings. The van der Waals surface area contributed by atoms with E-state index in [1.807, 2.05) is 0 Å². The van der Waals surface area contributed by atoms with Crippen LogP contribution in [0.3, 0.4) is 0 Å². The number of imide groups is 1. The minimum atomic E-state index is -1.01. The summed E-state index contributed by atoms with van der Waals surface area (Å²) >= 11 is 0. The van der Waals surface area contributed by atoms with Crippen LogP contribution in [0.25, 0.3) is 0 Å². The number of nitrogens with zero attached hydrogens (tertiary/aromatic N) is 1. The van der Waals surface area contributed by atoms with Gasteiger partial charge in [-0.25, -0.2) is 9.18 Å². The van der Waals surface area contributed by atoms with Gasteiger partial charge in [0.2, 0.25) is 5.91 Å². The molecule has 0 bridgehead atoms. The van der Waals surface area contributed by atoms with Crippen molar-refractivity contribution in [1.82, 2.24) is 15.5 Å². The summed E-state index contributed by atoms with van der Waals surface area (Å²) in [4.78, 5) is 36.1. The van der Waals surface area contributed by atoms with E-state index in [2.05, 4.69) is 10.6 Å². The Kier molecular flexibility index (Phi) is 3.93. The van der Waals surface area contributed by atoms with Gasteiger partial charge in [0.15, 0.2) is 0 Å². The van der Waals surface area contributed by atoms with Gasteiger partial charge in [-0.15, -0.1) is 0 Å². The Bertz CT molecular complexity index is 601. The molecule has 6 nitrogen and oxygen atoms in total. The summed E-state index contributed by atoms with van der Waals surface area (Å²) in [6.07, 6.45) is 0. The fraction of sp³-hybridized carbons (Fsp3) is 0.357. The molecule has 0 saturated carbocycles. The van der Waals surface area contributed by atoms with E-state index in [1.165, 1.54) is 6.07 Å². The molecule has 2 rings (SSSR count). The SMILES string of the molecule is CC1(C)NC(=O)N(CC(=O)NCc2ccccc2F)C1=O. The van der Waals surface area contributed by atoms with Crippen LogP contribution in [0.4, 0.5) is 9.18 Å². The summed E-state index contributed by atoms with van der Waals surface area (Å²) in [5.74, 6) is -1.41. The highest BCUT2D eigenvalue weighted by Crippen LogP contribution is 2.16. The van der Waals surface area contributed by atoms with Gasteiger partial charge in [-0.2, -0.15) is 0 Å². The Hall–Kier alpha value is -2.44. The van der Waals surface area contributed by atoms with E-state index in [-0.39, 0.29) is 13.1 Å². The standard InChI is InChI=1S/C14H16FN3O3/c1-14(2)12(20)18(13(21)17-14)8-11(19)16-7-9-5-3-4-6-10(9)15/h3-6H,7-8H2,1-2H3,(H,16,19)(H,17,21). The van der Waals surface area contributed by atoms with Crippen LogP contribution in [0.2, 0.25) is 0 Å². The molecule has 1 aliphatic heterocycles. The molecule has 4 amide bonds. The number of hydrogen-bond donors (Lipinski definition) is 2. The van der Waals surface area contributed by atoms with E-state index in [0.717, 1.165) is 4.90 Å². The first kappa shape index (κ1) is 15.0. The van der Waals surface area contributed by atoms with E-state index in [9.17, 15) is 18.8 Å². The normalized spacial score (nSPS) is 16.8. The van der Waals surface area contributed by atoms with Crippen LogP contribution in [-0.4, -0.2) is 34.8 Å². The predicted molar refractivity (Wildman–Crippen MR) is 72.6 cm³/mol. The van der Waals surface area contributed by atoms with Gasteiger partial charge >= 0.3 is 6.03 Å². The van der Waals surface area contributed by atoms with Gasteiger partial charge in [-0.3, -0.25) is 14.5 Å². The molecular formula is C14H16FN3O3. The van der Waals surface area contributed by atoms with E-state index in [4.69, 9.17) is 0 Å². The van der Waals surface area contributed by atoms with Gasteiger partial charge in [-0.05, 0) is 19.9 Å². The number of hydrogen-bond acceptors (Lipinski definition) is 3. The van der Waals surface area contributed by atoms with Crippen molar-refractivity contribution in [3.05, 3.63) is 35.6 Å². The zero-order chi connectivity index (χ0) is 15.6. The number of urea groups is 1. The number of halogens is 1. The number of amides is 4. The lowest BCUT2D eigenvalue weighted by atomic mass is 10.1. The summed E-state index contributed by atoms with van der Waals surface area (Å²) < 4.78 is 13.4. The molecular weight excluding hydrogens is 277 g/mol. The zero-order valence-electron chi connectivity index (χ0n) is 11.8. The van der Waals surface area contributed by atoms with E-state index in [1.54, 1.807) is 32.0 Å². The van der Waals surface area contributed by atoms with Gasteiger partial charge in [0.05, 0.1) is 0 Å². The molecule has 7 heteroatoms. The molecule has 0 spiro atoms. The fourth-order valence-corrected chi connectivity index (χ4v) is 2.00. The average molecular weight is 293 g/mol. The highest BCUT2D eigenvalue weighted by atomic mass is 19.1. The first-order chi connectivity index (χ1) is 9.81. The van der Waals surface area contributed by atoms with Crippen LogP contribution in [0, 0.1) is 5.82 Å². The third-order valence-corrected chi connectivity index (χ3v) is 3.18. The van der Waals surface area contributed by atoms with Crippen LogP contribution >= 0.6 is 0 Å². The molecule has 0 aliphatic carbocycles. The highest BCUT2D eigenvalue weighted by molar-refractivity contribution is 6.08. The van der Waals surface area contributed by atoms with Crippen molar-refractivity contribution >= 4 is 17.8 Å². The molecule has 1 aromatic carbocycles. The summed E-state index contributed by atoms with van der Waals surface area (Å²) in [7, 11) is 0. The van der Waals surface area contributed by atoms with Crippen molar-refractivity contribution in [3.8, 4) is 0 Å². The molecule has 21 heavy (non-hydrogen) atoms. The van der Waals surface area contributed by atoms with Gasteiger partial charge in [0.1, 0.15) is 17.9 Å². The number of benzene rings is 1. The third-order valence-electron chi connectivity index (χ3n) is 3.18. The monoisotopic (exact) mass is 293 g/mol. The van der Waals surface area contributed by atoms with E-state index < -0.39 is 29.2 Å². The zero-order valence-corrected chi connectivity index (χ0v) is 11.8. The second kappa shape index (κ2) is 5.51. The molecule has 1 aromatic rings. The van der Waals surface area contributed by atoms with Crippen LogP contribution in [0.5, 0.6) is 0 Å². The van der Waals surface area contributed by atoms with Crippen molar-refractivity contribution in [2.75, 3.05) is 6.54 Å². The summed E-state index contributed by atoms with van der Waals surface area (Å²) in [6.45, 7) is 2.73. The predicted octanol–water partition coefficient (Wildman–Crippen LogP) is 0.772. The smallest absolute Gasteiger partial charge is 0.325 e. The summed E-state index contributed by atoms with van der Waals surface area (Å²) in [5, 5.41) is 4.96. The average Bonchev–Trinajstić information content (AvgIpc) is 2.60. The number of carbonyl (C=O) groups is 3. The maximum absolute atomic E-state index is 13.4. The second-order valence-corrected chi connectivity index (χ2v) is 5.31. The maximum atomic E-state index is 13.4. The summed E-state index contributed by atoms with van der Waals surface area (Å²) in [6, 6.07) is 5.44. The molecule has 0 aromatic heterocycles. The van der Waals surface area contributed by atoms with Gasteiger partial charge in [0, 0.05) is 12.1 Å². The first-order valence-corrected chi connectivity index (χ1v) is 6.45. The lowest BCUT2D eigenvalue weighted by molar-refractivity contribution is -0.134. The molecule has 1 fully saturated rings. The Labute approximate surface area is 121 Å². The molecule has 2 N–H and O–H groups in total. The van der Waals surface area contributed by atoms with Gasteiger partial charge in [-0.1, -0.05) is 18.2 Å².